The predicted molar refractivity (Wildman–Crippen MR) is 73.4 cm³/mol. The maximum Gasteiger partial charge on any atom is 0.288 e. The monoisotopic (exact) mass is 284 g/mol. The van der Waals surface area contributed by atoms with E-state index in [1.165, 1.54) is 12.5 Å². The summed E-state index contributed by atoms with van der Waals surface area (Å²) in [5.74, 6) is 0. The Morgan fingerprint density at radius 2 is 2.32 bits per heavy atom. The second-order valence-corrected chi connectivity index (χ2v) is 5.07. The number of halogens is 1. The molecule has 19 heavy (non-hydrogen) atoms. The lowest BCUT2D eigenvalue weighted by atomic mass is 10.1. The van der Waals surface area contributed by atoms with Crippen molar-refractivity contribution in [1.29, 1.82) is 0 Å². The summed E-state index contributed by atoms with van der Waals surface area (Å²) in [6, 6.07) is 4.87. The van der Waals surface area contributed by atoms with E-state index in [2.05, 4.69) is 5.32 Å². The van der Waals surface area contributed by atoms with Crippen LogP contribution in [0.4, 0.5) is 5.69 Å². The van der Waals surface area contributed by atoms with Crippen LogP contribution in [0, 0.1) is 10.1 Å². The summed E-state index contributed by atoms with van der Waals surface area (Å²) in [4.78, 5) is 10.3. The first kappa shape index (κ1) is 14.2. The van der Waals surface area contributed by atoms with Gasteiger partial charge < -0.3 is 10.1 Å². The van der Waals surface area contributed by atoms with E-state index in [1.54, 1.807) is 12.1 Å². The van der Waals surface area contributed by atoms with Crippen molar-refractivity contribution in [2.24, 2.45) is 0 Å². The number of nitrogens with one attached hydrogen (secondary N) is 1. The number of rotatable bonds is 5. The van der Waals surface area contributed by atoms with Gasteiger partial charge in [0.25, 0.3) is 5.69 Å². The van der Waals surface area contributed by atoms with Gasteiger partial charge >= 0.3 is 0 Å². The molecule has 0 radical (unpaired) electrons. The first-order valence-corrected chi connectivity index (χ1v) is 6.80. The average molecular weight is 285 g/mol. The number of benzene rings is 1. The molecule has 5 nitrogen and oxygen atoms in total. The molecule has 2 rings (SSSR count). The molecular weight excluding hydrogens is 268 g/mol. The number of nitro groups is 1. The Morgan fingerprint density at radius 3 is 3.00 bits per heavy atom. The van der Waals surface area contributed by atoms with Gasteiger partial charge in [-0.1, -0.05) is 17.7 Å². The van der Waals surface area contributed by atoms with Gasteiger partial charge in [-0.2, -0.15) is 0 Å². The van der Waals surface area contributed by atoms with Crippen molar-refractivity contribution < 1.29 is 9.66 Å². The van der Waals surface area contributed by atoms with Crippen LogP contribution in [-0.2, 0) is 11.3 Å². The van der Waals surface area contributed by atoms with Gasteiger partial charge in [0, 0.05) is 25.8 Å². The molecule has 0 amide bonds. The molecule has 104 valence electrons. The molecule has 0 aromatic heterocycles. The quantitative estimate of drug-likeness (QED) is 0.667. The summed E-state index contributed by atoms with van der Waals surface area (Å²) in [6.45, 7) is 2.19. The van der Waals surface area contributed by atoms with Crippen LogP contribution in [0.1, 0.15) is 24.8 Å². The molecule has 1 fully saturated rings. The third-order valence-corrected chi connectivity index (χ3v) is 3.50. The molecule has 1 atom stereocenters. The Morgan fingerprint density at radius 1 is 1.47 bits per heavy atom. The first-order chi connectivity index (χ1) is 9.16. The molecule has 1 unspecified atom stereocenters. The molecule has 1 aliphatic rings. The van der Waals surface area contributed by atoms with E-state index in [9.17, 15) is 10.1 Å². The van der Waals surface area contributed by atoms with Crippen LogP contribution < -0.4 is 5.32 Å². The standard InChI is InChI=1S/C13H17ClN2O3/c14-12-5-4-10(7-13(12)16(17)18)8-15-9-11-3-1-2-6-19-11/h4-5,7,11,15H,1-3,6,8-9H2. The zero-order valence-electron chi connectivity index (χ0n) is 10.6. The predicted octanol–water partition coefficient (Wildman–Crippen LogP) is 2.91. The second-order valence-electron chi connectivity index (χ2n) is 4.66. The van der Waals surface area contributed by atoms with Crippen LogP contribution in [0.25, 0.3) is 0 Å². The lowest BCUT2D eigenvalue weighted by Crippen LogP contribution is -2.31. The minimum absolute atomic E-state index is 0.0464. The van der Waals surface area contributed by atoms with Crippen LogP contribution in [0.2, 0.25) is 5.02 Å². The fourth-order valence-electron chi connectivity index (χ4n) is 2.15. The molecule has 0 saturated carbocycles. The lowest BCUT2D eigenvalue weighted by Gasteiger charge is -2.22. The highest BCUT2D eigenvalue weighted by atomic mass is 35.5. The highest BCUT2D eigenvalue weighted by Gasteiger charge is 2.14. The first-order valence-electron chi connectivity index (χ1n) is 6.42. The van der Waals surface area contributed by atoms with Gasteiger partial charge in [0.15, 0.2) is 0 Å². The molecule has 6 heteroatoms. The smallest absolute Gasteiger partial charge is 0.288 e. The summed E-state index contributed by atoms with van der Waals surface area (Å²) < 4.78 is 5.61. The van der Waals surface area contributed by atoms with Crippen LogP contribution >= 0.6 is 11.6 Å². The third-order valence-electron chi connectivity index (χ3n) is 3.18. The van der Waals surface area contributed by atoms with E-state index in [0.29, 0.717) is 6.54 Å². The maximum atomic E-state index is 10.8. The Balaban J connectivity index is 1.85. The van der Waals surface area contributed by atoms with Gasteiger partial charge in [-0.05, 0) is 30.9 Å². The topological polar surface area (TPSA) is 64.4 Å². The van der Waals surface area contributed by atoms with E-state index in [4.69, 9.17) is 16.3 Å². The van der Waals surface area contributed by atoms with Crippen molar-refractivity contribution in [3.05, 3.63) is 38.9 Å². The molecule has 1 aliphatic heterocycles. The van der Waals surface area contributed by atoms with E-state index in [1.807, 2.05) is 0 Å². The van der Waals surface area contributed by atoms with Crippen molar-refractivity contribution in [2.45, 2.75) is 31.9 Å². The molecule has 0 spiro atoms. The van der Waals surface area contributed by atoms with Crippen LogP contribution in [0.15, 0.2) is 18.2 Å². The van der Waals surface area contributed by atoms with Crippen molar-refractivity contribution in [3.8, 4) is 0 Å². The fraction of sp³-hybridized carbons (Fsp3) is 0.538. The van der Waals surface area contributed by atoms with Gasteiger partial charge in [0.2, 0.25) is 0 Å². The highest BCUT2D eigenvalue weighted by Crippen LogP contribution is 2.25. The van der Waals surface area contributed by atoms with Crippen molar-refractivity contribution in [2.75, 3.05) is 13.2 Å². The van der Waals surface area contributed by atoms with E-state index < -0.39 is 4.92 Å². The zero-order valence-corrected chi connectivity index (χ0v) is 11.4. The van der Waals surface area contributed by atoms with Crippen molar-refractivity contribution in [1.82, 2.24) is 5.32 Å². The van der Waals surface area contributed by atoms with Crippen LogP contribution in [0.5, 0.6) is 0 Å². The fourth-order valence-corrected chi connectivity index (χ4v) is 2.34. The van der Waals surface area contributed by atoms with Gasteiger partial charge in [-0.3, -0.25) is 10.1 Å². The molecule has 1 heterocycles. The summed E-state index contributed by atoms with van der Waals surface area (Å²) in [7, 11) is 0. The minimum atomic E-state index is -0.462. The Hall–Kier alpha value is -1.17. The van der Waals surface area contributed by atoms with E-state index in [-0.39, 0.29) is 16.8 Å². The largest absolute Gasteiger partial charge is 0.377 e. The molecule has 1 N–H and O–H groups in total. The minimum Gasteiger partial charge on any atom is -0.377 e. The van der Waals surface area contributed by atoms with E-state index in [0.717, 1.165) is 31.6 Å². The van der Waals surface area contributed by atoms with Gasteiger partial charge in [0.05, 0.1) is 11.0 Å². The molecular formula is C13H17ClN2O3. The second kappa shape index (κ2) is 6.84. The Labute approximate surface area is 117 Å². The summed E-state index contributed by atoms with van der Waals surface area (Å²) >= 11 is 5.76. The molecule has 0 aliphatic carbocycles. The van der Waals surface area contributed by atoms with Crippen LogP contribution in [-0.4, -0.2) is 24.2 Å². The molecule has 1 aromatic rings. The molecule has 0 bridgehead atoms. The van der Waals surface area contributed by atoms with Gasteiger partial charge in [-0.15, -0.1) is 0 Å². The SMILES string of the molecule is O=[N+]([O-])c1cc(CNCC2CCCCO2)ccc1Cl. The lowest BCUT2D eigenvalue weighted by molar-refractivity contribution is -0.384. The Bertz CT molecular complexity index is 448. The number of hydrogen-bond acceptors (Lipinski definition) is 4. The Kier molecular flexibility index (Phi) is 5.13. The number of nitro benzene ring substituents is 1. The normalized spacial score (nSPS) is 19.3. The van der Waals surface area contributed by atoms with Crippen molar-refractivity contribution >= 4 is 17.3 Å². The van der Waals surface area contributed by atoms with Gasteiger partial charge in [0.1, 0.15) is 5.02 Å². The maximum absolute atomic E-state index is 10.8. The number of nitrogens with zero attached hydrogens (tertiary/aromatic N) is 1. The molecule has 1 saturated heterocycles. The highest BCUT2D eigenvalue weighted by molar-refractivity contribution is 6.32. The van der Waals surface area contributed by atoms with Gasteiger partial charge in [-0.25, -0.2) is 0 Å². The third kappa shape index (κ3) is 4.16. The van der Waals surface area contributed by atoms with Crippen molar-refractivity contribution in [3.63, 3.8) is 0 Å². The molecule has 1 aromatic carbocycles. The summed E-state index contributed by atoms with van der Waals surface area (Å²) in [5.41, 5.74) is 0.807. The number of hydrogen-bond donors (Lipinski definition) is 1. The van der Waals surface area contributed by atoms with E-state index >= 15 is 0 Å². The average Bonchev–Trinajstić information content (AvgIpc) is 2.41. The number of ether oxygens (including phenoxy) is 1. The summed E-state index contributed by atoms with van der Waals surface area (Å²) in [5, 5.41) is 14.2. The zero-order chi connectivity index (χ0) is 13.7. The summed E-state index contributed by atoms with van der Waals surface area (Å²) in [6.07, 6.45) is 3.68. The van der Waals surface area contributed by atoms with Crippen LogP contribution in [0.3, 0.4) is 0 Å².